The second-order valence-electron chi connectivity index (χ2n) is 6.09. The number of anilines is 1. The van der Waals surface area contributed by atoms with Crippen molar-refractivity contribution >= 4 is 39.3 Å². The normalized spacial score (nSPS) is 10.5. The molecule has 3 aromatic rings. The monoisotopic (exact) mass is 441 g/mol. The average molecular weight is 442 g/mol. The molecule has 3 aromatic carbocycles. The van der Waals surface area contributed by atoms with E-state index >= 15 is 0 Å². The van der Waals surface area contributed by atoms with Gasteiger partial charge in [0.15, 0.2) is 0 Å². The predicted octanol–water partition coefficient (Wildman–Crippen LogP) is 6.31. The van der Waals surface area contributed by atoms with Gasteiger partial charge in [0.2, 0.25) is 0 Å². The average Bonchev–Trinajstić information content (AvgIpc) is 2.69. The van der Waals surface area contributed by atoms with E-state index in [9.17, 15) is 4.79 Å². The maximum absolute atomic E-state index is 12.6. The lowest BCUT2D eigenvalue weighted by Gasteiger charge is -2.11. The second-order valence-corrected chi connectivity index (χ2v) is 8.05. The third-order valence-corrected chi connectivity index (χ3v) is 5.65. The minimum atomic E-state index is -0.137. The molecule has 1 N–H and O–H groups in total. The summed E-state index contributed by atoms with van der Waals surface area (Å²) in [4.78, 5) is 13.8. The van der Waals surface area contributed by atoms with Crippen molar-refractivity contribution in [1.82, 2.24) is 0 Å². The van der Waals surface area contributed by atoms with Crippen LogP contribution < -0.4 is 10.1 Å². The van der Waals surface area contributed by atoms with Gasteiger partial charge in [-0.05, 0) is 61.5 Å². The molecule has 0 fully saturated rings. The van der Waals surface area contributed by atoms with Crippen LogP contribution >= 0.6 is 27.7 Å². The quantitative estimate of drug-likeness (QED) is 0.455. The molecule has 5 heteroatoms. The Bertz CT molecular complexity index is 924. The number of halogens is 1. The standard InChI is InChI=1S/C22H20BrNO2S/c1-15-3-10-20(11-4-15)27-14-17-13-16(5-12-21(17)26-2)22(25)24-19-8-6-18(23)7-9-19/h3-13H,14H2,1-2H3,(H,24,25). The minimum absolute atomic E-state index is 0.137. The Morgan fingerprint density at radius 3 is 2.41 bits per heavy atom. The fourth-order valence-corrected chi connectivity index (χ4v) is 3.71. The number of thioether (sulfide) groups is 1. The van der Waals surface area contributed by atoms with Crippen LogP contribution in [0.1, 0.15) is 21.5 Å². The number of carbonyl (C=O) groups is 1. The molecular weight excluding hydrogens is 422 g/mol. The first-order valence-electron chi connectivity index (χ1n) is 8.48. The van der Waals surface area contributed by atoms with Gasteiger partial charge in [-0.15, -0.1) is 11.8 Å². The van der Waals surface area contributed by atoms with Crippen molar-refractivity contribution in [2.75, 3.05) is 12.4 Å². The molecule has 27 heavy (non-hydrogen) atoms. The molecule has 0 heterocycles. The highest BCUT2D eigenvalue weighted by atomic mass is 79.9. The van der Waals surface area contributed by atoms with E-state index in [0.717, 1.165) is 27.2 Å². The Morgan fingerprint density at radius 1 is 1.04 bits per heavy atom. The van der Waals surface area contributed by atoms with E-state index in [1.54, 1.807) is 24.9 Å². The van der Waals surface area contributed by atoms with Gasteiger partial charge in [0.1, 0.15) is 5.75 Å². The topological polar surface area (TPSA) is 38.3 Å². The lowest BCUT2D eigenvalue weighted by Crippen LogP contribution is -2.12. The minimum Gasteiger partial charge on any atom is -0.496 e. The SMILES string of the molecule is COc1ccc(C(=O)Nc2ccc(Br)cc2)cc1CSc1ccc(C)cc1. The van der Waals surface area contributed by atoms with Gasteiger partial charge in [-0.2, -0.15) is 0 Å². The lowest BCUT2D eigenvalue weighted by molar-refractivity contribution is 0.102. The summed E-state index contributed by atoms with van der Waals surface area (Å²) in [7, 11) is 1.65. The van der Waals surface area contributed by atoms with Gasteiger partial charge in [0.05, 0.1) is 7.11 Å². The molecule has 0 atom stereocenters. The lowest BCUT2D eigenvalue weighted by atomic mass is 10.1. The molecule has 0 bridgehead atoms. The number of rotatable bonds is 6. The number of hydrogen-bond acceptors (Lipinski definition) is 3. The van der Waals surface area contributed by atoms with E-state index < -0.39 is 0 Å². The van der Waals surface area contributed by atoms with Gasteiger partial charge >= 0.3 is 0 Å². The van der Waals surface area contributed by atoms with E-state index in [-0.39, 0.29) is 5.91 Å². The van der Waals surface area contributed by atoms with Crippen molar-refractivity contribution in [3.8, 4) is 5.75 Å². The maximum atomic E-state index is 12.6. The zero-order chi connectivity index (χ0) is 19.2. The molecule has 1 amide bonds. The van der Waals surface area contributed by atoms with Crippen LogP contribution in [0.25, 0.3) is 0 Å². The fourth-order valence-electron chi connectivity index (χ4n) is 2.56. The molecule has 3 rings (SSSR count). The molecule has 0 saturated heterocycles. The third kappa shape index (κ3) is 5.37. The summed E-state index contributed by atoms with van der Waals surface area (Å²) >= 11 is 5.11. The summed E-state index contributed by atoms with van der Waals surface area (Å²) in [6, 6.07) is 21.5. The van der Waals surface area contributed by atoms with Crippen LogP contribution in [0.5, 0.6) is 5.75 Å². The molecule has 0 saturated carbocycles. The van der Waals surface area contributed by atoms with Gasteiger partial charge in [-0.1, -0.05) is 33.6 Å². The predicted molar refractivity (Wildman–Crippen MR) is 116 cm³/mol. The van der Waals surface area contributed by atoms with Crippen LogP contribution in [0.4, 0.5) is 5.69 Å². The van der Waals surface area contributed by atoms with Crippen LogP contribution in [0.3, 0.4) is 0 Å². The molecule has 0 unspecified atom stereocenters. The summed E-state index contributed by atoms with van der Waals surface area (Å²) < 4.78 is 6.44. The van der Waals surface area contributed by atoms with E-state index in [1.807, 2.05) is 36.4 Å². The van der Waals surface area contributed by atoms with Crippen molar-refractivity contribution in [3.05, 3.63) is 87.9 Å². The van der Waals surface area contributed by atoms with Crippen LogP contribution in [-0.4, -0.2) is 13.0 Å². The summed E-state index contributed by atoms with van der Waals surface area (Å²) in [6.07, 6.45) is 0. The second kappa shape index (κ2) is 9.11. The summed E-state index contributed by atoms with van der Waals surface area (Å²) in [5.74, 6) is 1.38. The molecule has 0 aromatic heterocycles. The number of methoxy groups -OCH3 is 1. The van der Waals surface area contributed by atoms with Crippen molar-refractivity contribution in [2.24, 2.45) is 0 Å². The zero-order valence-corrected chi connectivity index (χ0v) is 17.6. The Balaban J connectivity index is 1.74. The summed E-state index contributed by atoms with van der Waals surface area (Å²) in [6.45, 7) is 2.07. The van der Waals surface area contributed by atoms with E-state index in [4.69, 9.17) is 4.74 Å². The molecule has 0 aliphatic rings. The van der Waals surface area contributed by atoms with E-state index in [2.05, 4.69) is 52.4 Å². The van der Waals surface area contributed by atoms with Gasteiger partial charge in [0, 0.05) is 31.9 Å². The molecule has 0 aliphatic heterocycles. The fraction of sp³-hybridized carbons (Fsp3) is 0.136. The van der Waals surface area contributed by atoms with Crippen LogP contribution in [0.15, 0.2) is 76.1 Å². The van der Waals surface area contributed by atoms with Gasteiger partial charge in [0.25, 0.3) is 5.91 Å². The molecule has 0 spiro atoms. The van der Waals surface area contributed by atoms with Crippen molar-refractivity contribution in [1.29, 1.82) is 0 Å². The van der Waals surface area contributed by atoms with Crippen LogP contribution in [0, 0.1) is 6.92 Å². The van der Waals surface area contributed by atoms with Crippen molar-refractivity contribution < 1.29 is 9.53 Å². The van der Waals surface area contributed by atoms with E-state index in [0.29, 0.717) is 5.56 Å². The van der Waals surface area contributed by atoms with Crippen molar-refractivity contribution in [3.63, 3.8) is 0 Å². The number of carbonyl (C=O) groups excluding carboxylic acids is 1. The molecule has 0 aliphatic carbocycles. The highest BCUT2D eigenvalue weighted by Crippen LogP contribution is 2.29. The van der Waals surface area contributed by atoms with Gasteiger partial charge in [-0.25, -0.2) is 0 Å². The molecular formula is C22H20BrNO2S. The Labute approximate surface area is 172 Å². The van der Waals surface area contributed by atoms with Crippen LogP contribution in [0.2, 0.25) is 0 Å². The molecule has 138 valence electrons. The summed E-state index contributed by atoms with van der Waals surface area (Å²) in [5, 5.41) is 2.92. The highest BCUT2D eigenvalue weighted by Gasteiger charge is 2.11. The first-order valence-corrected chi connectivity index (χ1v) is 10.3. The smallest absolute Gasteiger partial charge is 0.255 e. The third-order valence-electron chi connectivity index (χ3n) is 4.06. The highest BCUT2D eigenvalue weighted by molar-refractivity contribution is 9.10. The number of benzene rings is 3. The van der Waals surface area contributed by atoms with Gasteiger partial charge in [-0.3, -0.25) is 4.79 Å². The Kier molecular flexibility index (Phi) is 6.58. The summed E-state index contributed by atoms with van der Waals surface area (Å²) in [5.41, 5.74) is 3.60. The Hall–Kier alpha value is -2.24. The zero-order valence-electron chi connectivity index (χ0n) is 15.2. The number of ether oxygens (including phenoxy) is 1. The number of amides is 1. The first kappa shape index (κ1) is 19.5. The van der Waals surface area contributed by atoms with Gasteiger partial charge < -0.3 is 10.1 Å². The first-order chi connectivity index (χ1) is 13.0. The molecule has 0 radical (unpaired) electrons. The van der Waals surface area contributed by atoms with Crippen LogP contribution in [-0.2, 0) is 5.75 Å². The number of hydrogen-bond donors (Lipinski definition) is 1. The van der Waals surface area contributed by atoms with E-state index in [1.165, 1.54) is 10.5 Å². The maximum Gasteiger partial charge on any atom is 0.255 e. The van der Waals surface area contributed by atoms with Crippen molar-refractivity contribution in [2.45, 2.75) is 17.6 Å². The molecule has 3 nitrogen and oxygen atoms in total. The number of nitrogens with one attached hydrogen (secondary N) is 1. The Morgan fingerprint density at radius 2 is 1.74 bits per heavy atom. The number of aryl methyl sites for hydroxylation is 1. The largest absolute Gasteiger partial charge is 0.496 e.